The van der Waals surface area contributed by atoms with Crippen molar-refractivity contribution in [3.05, 3.63) is 24.0 Å². The SMILES string of the molecule is C/C=C(\C=NC(=N)Cn1ncnc1C(C)N)OCC(F)F. The molecule has 3 N–H and O–H groups in total. The zero-order valence-corrected chi connectivity index (χ0v) is 11.8. The summed E-state index contributed by atoms with van der Waals surface area (Å²) < 4.78 is 30.3. The Kier molecular flexibility index (Phi) is 6.60. The van der Waals surface area contributed by atoms with Crippen molar-refractivity contribution in [2.45, 2.75) is 32.9 Å². The van der Waals surface area contributed by atoms with E-state index < -0.39 is 13.0 Å². The fourth-order valence-electron chi connectivity index (χ4n) is 1.43. The highest BCUT2D eigenvalue weighted by molar-refractivity contribution is 5.91. The van der Waals surface area contributed by atoms with Gasteiger partial charge in [-0.2, -0.15) is 5.10 Å². The Hall–Kier alpha value is -2.16. The van der Waals surface area contributed by atoms with Crippen LogP contribution in [-0.2, 0) is 11.3 Å². The maximum atomic E-state index is 12.0. The van der Waals surface area contributed by atoms with E-state index in [-0.39, 0.29) is 24.2 Å². The van der Waals surface area contributed by atoms with Crippen LogP contribution in [0.2, 0.25) is 0 Å². The number of halogens is 2. The first-order chi connectivity index (χ1) is 9.93. The van der Waals surface area contributed by atoms with Crippen LogP contribution in [0.3, 0.4) is 0 Å². The lowest BCUT2D eigenvalue weighted by Crippen LogP contribution is -2.18. The molecule has 116 valence electrons. The second-order valence-corrected chi connectivity index (χ2v) is 4.16. The minimum atomic E-state index is -2.56. The smallest absolute Gasteiger partial charge is 0.272 e. The molecule has 0 saturated carbocycles. The van der Waals surface area contributed by atoms with Gasteiger partial charge in [-0.1, -0.05) is 0 Å². The number of hydrogen-bond donors (Lipinski definition) is 2. The number of nitrogens with zero attached hydrogens (tertiary/aromatic N) is 4. The molecule has 0 aliphatic carbocycles. The van der Waals surface area contributed by atoms with E-state index in [1.54, 1.807) is 13.8 Å². The molecule has 0 aliphatic rings. The summed E-state index contributed by atoms with van der Waals surface area (Å²) in [6.45, 7) is 2.75. The van der Waals surface area contributed by atoms with Gasteiger partial charge >= 0.3 is 0 Å². The predicted molar refractivity (Wildman–Crippen MR) is 74.6 cm³/mol. The number of hydrogen-bond acceptors (Lipinski definition) is 5. The fraction of sp³-hybridized carbons (Fsp3) is 0.500. The summed E-state index contributed by atoms with van der Waals surface area (Å²) in [5, 5.41) is 11.7. The molecule has 0 spiro atoms. The van der Waals surface area contributed by atoms with Gasteiger partial charge in [0.2, 0.25) is 0 Å². The molecule has 0 radical (unpaired) electrons. The quantitative estimate of drug-likeness (QED) is 0.453. The molecule has 21 heavy (non-hydrogen) atoms. The number of nitrogens with one attached hydrogen (secondary N) is 1. The van der Waals surface area contributed by atoms with Crippen molar-refractivity contribution in [3.63, 3.8) is 0 Å². The number of aliphatic imine (C=N–C) groups is 1. The van der Waals surface area contributed by atoms with Crippen LogP contribution in [0.1, 0.15) is 25.7 Å². The van der Waals surface area contributed by atoms with Gasteiger partial charge in [0.1, 0.15) is 36.9 Å². The van der Waals surface area contributed by atoms with Crippen LogP contribution in [0.15, 0.2) is 23.2 Å². The van der Waals surface area contributed by atoms with Gasteiger partial charge in [0.05, 0.1) is 12.3 Å². The minimum absolute atomic E-state index is 0.0256. The van der Waals surface area contributed by atoms with Crippen molar-refractivity contribution in [3.8, 4) is 0 Å². The molecule has 1 rings (SSSR count). The molecule has 0 saturated heterocycles. The Morgan fingerprint density at radius 1 is 1.62 bits per heavy atom. The lowest BCUT2D eigenvalue weighted by Gasteiger charge is -2.07. The third-order valence-electron chi connectivity index (χ3n) is 2.36. The van der Waals surface area contributed by atoms with Crippen LogP contribution < -0.4 is 5.73 Å². The van der Waals surface area contributed by atoms with Gasteiger partial charge in [-0.15, -0.1) is 0 Å². The van der Waals surface area contributed by atoms with E-state index in [4.69, 9.17) is 15.9 Å². The summed E-state index contributed by atoms with van der Waals surface area (Å²) in [4.78, 5) is 7.83. The summed E-state index contributed by atoms with van der Waals surface area (Å²) in [5.74, 6) is 0.684. The van der Waals surface area contributed by atoms with Gasteiger partial charge in [-0.05, 0) is 19.9 Å². The Bertz CT molecular complexity index is 524. The van der Waals surface area contributed by atoms with Gasteiger partial charge in [0.15, 0.2) is 0 Å². The average Bonchev–Trinajstić information content (AvgIpc) is 2.86. The number of nitrogens with two attached hydrogens (primary N) is 1. The molecule has 1 heterocycles. The monoisotopic (exact) mass is 300 g/mol. The summed E-state index contributed by atoms with van der Waals surface area (Å²) in [5.41, 5.74) is 5.71. The first kappa shape index (κ1) is 16.9. The van der Waals surface area contributed by atoms with Crippen LogP contribution in [0.5, 0.6) is 0 Å². The molecule has 9 heteroatoms. The van der Waals surface area contributed by atoms with Gasteiger partial charge in [0.25, 0.3) is 6.43 Å². The number of aromatic nitrogens is 3. The van der Waals surface area contributed by atoms with E-state index in [2.05, 4.69) is 15.1 Å². The molecule has 0 bridgehead atoms. The highest BCUT2D eigenvalue weighted by Crippen LogP contribution is 2.05. The molecule has 0 fully saturated rings. The third-order valence-corrected chi connectivity index (χ3v) is 2.36. The van der Waals surface area contributed by atoms with Crippen molar-refractivity contribution in [2.24, 2.45) is 10.7 Å². The highest BCUT2D eigenvalue weighted by atomic mass is 19.3. The van der Waals surface area contributed by atoms with E-state index in [1.165, 1.54) is 23.3 Å². The second-order valence-electron chi connectivity index (χ2n) is 4.16. The van der Waals surface area contributed by atoms with Gasteiger partial charge in [-0.25, -0.2) is 23.4 Å². The normalized spacial score (nSPS) is 13.9. The van der Waals surface area contributed by atoms with E-state index in [1.807, 2.05) is 0 Å². The first-order valence-electron chi connectivity index (χ1n) is 6.26. The van der Waals surface area contributed by atoms with Crippen LogP contribution in [0, 0.1) is 5.41 Å². The number of allylic oxidation sites excluding steroid dienone is 2. The Labute approximate surface area is 121 Å². The fourth-order valence-corrected chi connectivity index (χ4v) is 1.43. The molecule has 1 atom stereocenters. The van der Waals surface area contributed by atoms with E-state index in [0.29, 0.717) is 5.82 Å². The van der Waals surface area contributed by atoms with Crippen LogP contribution in [0.25, 0.3) is 0 Å². The highest BCUT2D eigenvalue weighted by Gasteiger charge is 2.10. The molecule has 1 aromatic rings. The molecular weight excluding hydrogens is 282 g/mol. The first-order valence-corrected chi connectivity index (χ1v) is 6.26. The lowest BCUT2D eigenvalue weighted by atomic mass is 10.3. The second kappa shape index (κ2) is 8.20. The topological polar surface area (TPSA) is 102 Å². The summed E-state index contributed by atoms with van der Waals surface area (Å²) >= 11 is 0. The van der Waals surface area contributed by atoms with E-state index >= 15 is 0 Å². The van der Waals surface area contributed by atoms with Crippen LogP contribution >= 0.6 is 0 Å². The Balaban J connectivity index is 2.60. The molecule has 7 nitrogen and oxygen atoms in total. The van der Waals surface area contributed by atoms with Crippen LogP contribution in [-0.4, -0.2) is 39.8 Å². The van der Waals surface area contributed by atoms with Crippen molar-refractivity contribution < 1.29 is 13.5 Å². The van der Waals surface area contributed by atoms with Crippen molar-refractivity contribution in [1.82, 2.24) is 14.8 Å². The zero-order valence-electron chi connectivity index (χ0n) is 11.8. The predicted octanol–water partition coefficient (Wildman–Crippen LogP) is 1.53. The number of alkyl halides is 2. The molecule has 1 unspecified atom stereocenters. The van der Waals surface area contributed by atoms with Gasteiger partial charge in [-0.3, -0.25) is 5.41 Å². The van der Waals surface area contributed by atoms with Gasteiger partial charge < -0.3 is 10.5 Å². The molecular formula is C12H18F2N6O. The van der Waals surface area contributed by atoms with E-state index in [9.17, 15) is 8.78 Å². The minimum Gasteiger partial charge on any atom is -0.486 e. The standard InChI is InChI=1S/C12H18F2N6O/c1-3-9(21-6-10(13)14)4-17-11(16)5-20-12(8(2)15)18-7-19-20/h3-4,7-8,10,16H,5-6,15H2,1-2H3/b9-3+,16-11?,17-4?. The third kappa shape index (κ3) is 5.78. The molecule has 1 aromatic heterocycles. The maximum Gasteiger partial charge on any atom is 0.272 e. The summed E-state index contributed by atoms with van der Waals surface area (Å²) in [6.07, 6.45) is 1.49. The number of rotatable bonds is 7. The molecule has 0 amide bonds. The van der Waals surface area contributed by atoms with E-state index in [0.717, 1.165) is 0 Å². The average molecular weight is 300 g/mol. The van der Waals surface area contributed by atoms with Crippen molar-refractivity contribution in [2.75, 3.05) is 6.61 Å². The van der Waals surface area contributed by atoms with Crippen molar-refractivity contribution in [1.29, 1.82) is 5.41 Å². The Morgan fingerprint density at radius 2 is 2.33 bits per heavy atom. The number of ether oxygens (including phenoxy) is 1. The van der Waals surface area contributed by atoms with Gasteiger partial charge in [0, 0.05) is 0 Å². The molecule has 0 aliphatic heterocycles. The summed E-state index contributed by atoms with van der Waals surface area (Å²) in [6, 6.07) is -0.315. The molecule has 0 aromatic carbocycles. The lowest BCUT2D eigenvalue weighted by molar-refractivity contribution is 0.0549. The largest absolute Gasteiger partial charge is 0.486 e. The maximum absolute atomic E-state index is 12.0. The van der Waals surface area contributed by atoms with Crippen molar-refractivity contribution >= 4 is 12.1 Å². The van der Waals surface area contributed by atoms with Crippen LogP contribution in [0.4, 0.5) is 8.78 Å². The number of amidine groups is 1. The summed E-state index contributed by atoms with van der Waals surface area (Å²) in [7, 11) is 0. The Morgan fingerprint density at radius 3 is 2.90 bits per heavy atom. The zero-order chi connectivity index (χ0) is 15.8.